The van der Waals surface area contributed by atoms with Gasteiger partial charge in [0.1, 0.15) is 5.82 Å². The Balaban J connectivity index is 2.73. The van der Waals surface area contributed by atoms with Crippen molar-refractivity contribution in [2.45, 2.75) is 26.2 Å². The highest BCUT2D eigenvalue weighted by atomic mass is 32.2. The fraction of sp³-hybridized carbons (Fsp3) is 0.727. The Kier molecular flexibility index (Phi) is 4.56. The van der Waals surface area contributed by atoms with Crippen molar-refractivity contribution in [2.24, 2.45) is 0 Å². The third kappa shape index (κ3) is 3.73. The van der Waals surface area contributed by atoms with E-state index in [1.807, 2.05) is 27.0 Å². The summed E-state index contributed by atoms with van der Waals surface area (Å²) in [6, 6.07) is 0. The van der Waals surface area contributed by atoms with Crippen molar-refractivity contribution >= 4 is 17.7 Å². The Hall–Kier alpha value is -1.04. The summed E-state index contributed by atoms with van der Waals surface area (Å²) in [5.41, 5.74) is -0.122. The van der Waals surface area contributed by atoms with E-state index in [9.17, 15) is 4.79 Å². The summed E-state index contributed by atoms with van der Waals surface area (Å²) in [5.74, 6) is 1.77. The molecule has 1 aromatic heterocycles. The molecule has 0 aliphatic rings. The van der Waals surface area contributed by atoms with Crippen LogP contribution in [0.25, 0.3) is 0 Å². The number of carbonyl (C=O) groups is 1. The van der Waals surface area contributed by atoms with Crippen molar-refractivity contribution < 1.29 is 4.79 Å². The van der Waals surface area contributed by atoms with E-state index in [-0.39, 0.29) is 17.1 Å². The van der Waals surface area contributed by atoms with E-state index in [1.165, 1.54) is 0 Å². The maximum absolute atomic E-state index is 12.0. The summed E-state index contributed by atoms with van der Waals surface area (Å²) in [6.07, 6.45) is 2.02. The number of aromatic amines is 1. The number of carbonyl (C=O) groups excluding carboxylic acids is 1. The van der Waals surface area contributed by atoms with E-state index in [0.717, 1.165) is 11.6 Å². The fourth-order valence-electron chi connectivity index (χ4n) is 1.19. The van der Waals surface area contributed by atoms with Gasteiger partial charge in [-0.2, -0.15) is 11.8 Å². The third-order valence-electron chi connectivity index (χ3n) is 2.36. The Morgan fingerprint density at radius 1 is 1.47 bits per heavy atom. The lowest BCUT2D eigenvalue weighted by Gasteiger charge is -2.14. The largest absolute Gasteiger partial charge is 0.338 e. The van der Waals surface area contributed by atoms with Crippen LogP contribution in [0.2, 0.25) is 0 Å². The van der Waals surface area contributed by atoms with Gasteiger partial charge in [-0.3, -0.25) is 9.89 Å². The molecule has 0 spiro atoms. The molecule has 0 radical (unpaired) electrons. The van der Waals surface area contributed by atoms with Crippen LogP contribution in [0.15, 0.2) is 0 Å². The Morgan fingerprint density at radius 2 is 2.12 bits per heavy atom. The van der Waals surface area contributed by atoms with Crippen molar-refractivity contribution in [3.8, 4) is 0 Å². The number of hydrogen-bond donors (Lipinski definition) is 1. The van der Waals surface area contributed by atoms with Gasteiger partial charge in [-0.1, -0.05) is 20.8 Å². The molecule has 0 aliphatic heterocycles. The molecule has 1 aromatic rings. The van der Waals surface area contributed by atoms with E-state index in [4.69, 9.17) is 0 Å². The number of nitrogens with zero attached hydrogens (tertiary/aromatic N) is 3. The van der Waals surface area contributed by atoms with E-state index >= 15 is 0 Å². The second-order valence-corrected chi connectivity index (χ2v) is 5.96. The van der Waals surface area contributed by atoms with Crippen molar-refractivity contribution in [3.63, 3.8) is 0 Å². The maximum atomic E-state index is 12.0. The van der Waals surface area contributed by atoms with Crippen LogP contribution in [-0.2, 0) is 5.41 Å². The number of nitrogens with one attached hydrogen (secondary N) is 1. The summed E-state index contributed by atoms with van der Waals surface area (Å²) in [7, 11) is 1.77. The molecular weight excluding hydrogens is 236 g/mol. The third-order valence-corrected chi connectivity index (χ3v) is 2.96. The highest BCUT2D eigenvalue weighted by Crippen LogP contribution is 2.17. The van der Waals surface area contributed by atoms with Gasteiger partial charge in [-0.05, 0) is 6.26 Å². The molecule has 1 amide bonds. The summed E-state index contributed by atoms with van der Waals surface area (Å²) >= 11 is 1.71. The van der Waals surface area contributed by atoms with Gasteiger partial charge in [-0.25, -0.2) is 4.98 Å². The van der Waals surface area contributed by atoms with Gasteiger partial charge in [0.15, 0.2) is 0 Å². The Labute approximate surface area is 106 Å². The van der Waals surface area contributed by atoms with Crippen LogP contribution in [0.5, 0.6) is 0 Å². The first-order valence-electron chi connectivity index (χ1n) is 5.53. The van der Waals surface area contributed by atoms with Gasteiger partial charge in [0.2, 0.25) is 5.82 Å². The number of thioether (sulfide) groups is 1. The standard InChI is InChI=1S/C11H20N4OS/c1-11(2,3)10-12-8(13-14-10)9(16)15(4)6-7-17-5/h6-7H2,1-5H3,(H,12,13,14). The molecule has 6 heteroatoms. The van der Waals surface area contributed by atoms with Crippen molar-refractivity contribution in [1.29, 1.82) is 0 Å². The summed E-state index contributed by atoms with van der Waals surface area (Å²) in [4.78, 5) is 17.9. The smallest absolute Gasteiger partial charge is 0.293 e. The van der Waals surface area contributed by atoms with Crippen LogP contribution in [-0.4, -0.2) is 51.6 Å². The number of hydrogen-bond acceptors (Lipinski definition) is 4. The highest BCUT2D eigenvalue weighted by molar-refractivity contribution is 7.98. The first-order chi connectivity index (χ1) is 7.86. The van der Waals surface area contributed by atoms with Gasteiger partial charge in [0.05, 0.1) is 0 Å². The van der Waals surface area contributed by atoms with Crippen LogP contribution in [0.3, 0.4) is 0 Å². The van der Waals surface area contributed by atoms with Gasteiger partial charge >= 0.3 is 0 Å². The fourth-order valence-corrected chi connectivity index (χ4v) is 1.65. The zero-order valence-electron chi connectivity index (χ0n) is 11.1. The average Bonchev–Trinajstić information content (AvgIpc) is 2.73. The Bertz CT molecular complexity index is 383. The van der Waals surface area contributed by atoms with E-state index in [0.29, 0.717) is 6.54 Å². The molecule has 17 heavy (non-hydrogen) atoms. The molecule has 0 saturated carbocycles. The molecule has 1 rings (SSSR count). The molecule has 0 atom stereocenters. The van der Waals surface area contributed by atoms with Gasteiger partial charge in [0, 0.05) is 24.8 Å². The van der Waals surface area contributed by atoms with Crippen molar-refractivity contribution in [1.82, 2.24) is 20.1 Å². The lowest BCUT2D eigenvalue weighted by molar-refractivity contribution is 0.0792. The number of rotatable bonds is 4. The van der Waals surface area contributed by atoms with E-state index < -0.39 is 0 Å². The molecule has 0 saturated heterocycles. The number of amides is 1. The van der Waals surface area contributed by atoms with Crippen molar-refractivity contribution in [3.05, 3.63) is 11.6 Å². The summed E-state index contributed by atoms with van der Waals surface area (Å²) < 4.78 is 0. The van der Waals surface area contributed by atoms with Crippen LogP contribution >= 0.6 is 11.8 Å². The molecule has 5 nitrogen and oxygen atoms in total. The van der Waals surface area contributed by atoms with Gasteiger partial charge in [-0.15, -0.1) is 5.10 Å². The van der Waals surface area contributed by atoms with Crippen LogP contribution in [0.4, 0.5) is 0 Å². The van der Waals surface area contributed by atoms with Crippen LogP contribution in [0.1, 0.15) is 37.2 Å². The van der Waals surface area contributed by atoms with E-state index in [2.05, 4.69) is 15.2 Å². The lowest BCUT2D eigenvalue weighted by Crippen LogP contribution is -2.29. The molecular formula is C11H20N4OS. The predicted octanol–water partition coefficient (Wildman–Crippen LogP) is 1.54. The summed E-state index contributed by atoms with van der Waals surface area (Å²) in [6.45, 7) is 6.79. The summed E-state index contributed by atoms with van der Waals surface area (Å²) in [5, 5.41) is 6.80. The van der Waals surface area contributed by atoms with Crippen LogP contribution < -0.4 is 0 Å². The predicted molar refractivity (Wildman–Crippen MR) is 70.4 cm³/mol. The quantitative estimate of drug-likeness (QED) is 0.887. The average molecular weight is 256 g/mol. The SMILES string of the molecule is CSCCN(C)C(=O)c1n[nH]c(C(C)(C)C)n1. The molecule has 0 fully saturated rings. The minimum absolute atomic E-state index is 0.122. The lowest BCUT2D eigenvalue weighted by atomic mass is 9.96. The van der Waals surface area contributed by atoms with E-state index in [1.54, 1.807) is 23.7 Å². The maximum Gasteiger partial charge on any atom is 0.293 e. The normalized spacial score (nSPS) is 11.6. The topological polar surface area (TPSA) is 61.9 Å². The highest BCUT2D eigenvalue weighted by Gasteiger charge is 2.22. The van der Waals surface area contributed by atoms with Gasteiger partial charge < -0.3 is 4.90 Å². The molecule has 1 N–H and O–H groups in total. The second-order valence-electron chi connectivity index (χ2n) is 4.98. The molecule has 0 aromatic carbocycles. The molecule has 0 bridgehead atoms. The van der Waals surface area contributed by atoms with Crippen molar-refractivity contribution in [2.75, 3.05) is 25.6 Å². The zero-order valence-corrected chi connectivity index (χ0v) is 11.9. The molecule has 96 valence electrons. The monoisotopic (exact) mass is 256 g/mol. The minimum atomic E-state index is -0.134. The number of H-pyrrole nitrogens is 1. The molecule has 0 unspecified atom stereocenters. The van der Waals surface area contributed by atoms with Crippen LogP contribution in [0, 0.1) is 0 Å². The first kappa shape index (κ1) is 14.0. The number of aromatic nitrogens is 3. The Morgan fingerprint density at radius 3 is 2.59 bits per heavy atom. The zero-order chi connectivity index (χ0) is 13.1. The van der Waals surface area contributed by atoms with Gasteiger partial charge in [0.25, 0.3) is 5.91 Å². The molecule has 0 aliphatic carbocycles. The first-order valence-corrected chi connectivity index (χ1v) is 6.93. The molecule has 1 heterocycles. The minimum Gasteiger partial charge on any atom is -0.338 e. The second kappa shape index (κ2) is 5.53.